The van der Waals surface area contributed by atoms with Crippen molar-refractivity contribution in [2.45, 2.75) is 65.2 Å². The van der Waals surface area contributed by atoms with Crippen molar-refractivity contribution < 1.29 is 10.2 Å². The standard InChI is InChI=1S/C16H28O2/c1-3-7-13(11-17)15-9-5-6-10-16(15)14(12-18)8-4-2/h17-18H,3-12H2,1-2H3/b15-13-,16-14-. The van der Waals surface area contributed by atoms with Crippen LogP contribution in [0.15, 0.2) is 22.3 Å². The molecule has 0 atom stereocenters. The van der Waals surface area contributed by atoms with E-state index in [-0.39, 0.29) is 13.2 Å². The van der Waals surface area contributed by atoms with Gasteiger partial charge in [0.1, 0.15) is 0 Å². The van der Waals surface area contributed by atoms with Crippen LogP contribution in [0.1, 0.15) is 65.2 Å². The molecule has 0 heterocycles. The molecular weight excluding hydrogens is 224 g/mol. The second-order valence-corrected chi connectivity index (χ2v) is 5.19. The first-order chi connectivity index (χ1) is 8.78. The van der Waals surface area contributed by atoms with E-state index >= 15 is 0 Å². The van der Waals surface area contributed by atoms with Gasteiger partial charge in [-0.25, -0.2) is 0 Å². The van der Waals surface area contributed by atoms with Crippen molar-refractivity contribution in [1.29, 1.82) is 0 Å². The highest BCUT2D eigenvalue weighted by atomic mass is 16.3. The van der Waals surface area contributed by atoms with E-state index in [1.54, 1.807) is 0 Å². The molecular formula is C16H28O2. The van der Waals surface area contributed by atoms with Crippen molar-refractivity contribution in [3.8, 4) is 0 Å². The molecule has 0 aromatic heterocycles. The first kappa shape index (κ1) is 15.5. The molecule has 1 aliphatic carbocycles. The Labute approximate surface area is 111 Å². The topological polar surface area (TPSA) is 40.5 Å². The number of hydrogen-bond donors (Lipinski definition) is 2. The summed E-state index contributed by atoms with van der Waals surface area (Å²) in [5, 5.41) is 19.1. The van der Waals surface area contributed by atoms with Crippen LogP contribution in [0.5, 0.6) is 0 Å². The van der Waals surface area contributed by atoms with E-state index < -0.39 is 0 Å². The summed E-state index contributed by atoms with van der Waals surface area (Å²) in [4.78, 5) is 0. The van der Waals surface area contributed by atoms with Crippen molar-refractivity contribution in [2.75, 3.05) is 13.2 Å². The van der Waals surface area contributed by atoms with Gasteiger partial charge in [0.05, 0.1) is 13.2 Å². The first-order valence-corrected chi connectivity index (χ1v) is 7.42. The minimum absolute atomic E-state index is 0.178. The van der Waals surface area contributed by atoms with E-state index in [9.17, 15) is 10.2 Å². The Morgan fingerprint density at radius 3 is 1.50 bits per heavy atom. The van der Waals surface area contributed by atoms with Gasteiger partial charge >= 0.3 is 0 Å². The Kier molecular flexibility index (Phi) is 7.29. The fourth-order valence-corrected chi connectivity index (χ4v) is 2.94. The van der Waals surface area contributed by atoms with Gasteiger partial charge in [0, 0.05) is 0 Å². The van der Waals surface area contributed by atoms with Crippen LogP contribution in [0.3, 0.4) is 0 Å². The zero-order valence-corrected chi connectivity index (χ0v) is 12.0. The molecule has 1 fully saturated rings. The summed E-state index contributed by atoms with van der Waals surface area (Å²) in [5.41, 5.74) is 5.13. The first-order valence-electron chi connectivity index (χ1n) is 7.42. The summed E-state index contributed by atoms with van der Waals surface area (Å²) in [6, 6.07) is 0. The Bertz CT molecular complexity index is 281. The molecule has 1 rings (SSSR count). The maximum atomic E-state index is 9.57. The summed E-state index contributed by atoms with van der Waals surface area (Å²) >= 11 is 0. The normalized spacial score (nSPS) is 22.0. The lowest BCUT2D eigenvalue weighted by atomic mass is 9.82. The minimum Gasteiger partial charge on any atom is -0.392 e. The minimum atomic E-state index is 0.178. The second-order valence-electron chi connectivity index (χ2n) is 5.19. The van der Waals surface area contributed by atoms with Gasteiger partial charge in [-0.3, -0.25) is 0 Å². The van der Waals surface area contributed by atoms with Gasteiger partial charge in [0.25, 0.3) is 0 Å². The molecule has 0 aromatic rings. The molecule has 18 heavy (non-hydrogen) atoms. The van der Waals surface area contributed by atoms with Gasteiger partial charge in [-0.15, -0.1) is 0 Å². The van der Waals surface area contributed by atoms with Crippen LogP contribution in [0.2, 0.25) is 0 Å². The van der Waals surface area contributed by atoms with Crippen LogP contribution in [0.25, 0.3) is 0 Å². The maximum Gasteiger partial charge on any atom is 0.0647 e. The monoisotopic (exact) mass is 252 g/mol. The third-order valence-corrected chi connectivity index (χ3v) is 3.81. The summed E-state index contributed by atoms with van der Waals surface area (Å²) in [6.07, 6.45) is 8.73. The molecule has 0 aromatic carbocycles. The van der Waals surface area contributed by atoms with Gasteiger partial charge < -0.3 is 10.2 Å². The largest absolute Gasteiger partial charge is 0.392 e. The van der Waals surface area contributed by atoms with E-state index in [4.69, 9.17) is 0 Å². The number of aliphatic hydroxyl groups excluding tert-OH is 2. The summed E-state index contributed by atoms with van der Waals surface area (Å²) in [7, 11) is 0. The molecule has 0 saturated heterocycles. The molecule has 0 aliphatic heterocycles. The van der Waals surface area contributed by atoms with Gasteiger partial charge in [0.15, 0.2) is 0 Å². The average Bonchev–Trinajstić information content (AvgIpc) is 2.42. The van der Waals surface area contributed by atoms with E-state index in [1.165, 1.54) is 35.1 Å². The fourth-order valence-electron chi connectivity index (χ4n) is 2.94. The van der Waals surface area contributed by atoms with Crippen molar-refractivity contribution in [2.24, 2.45) is 0 Å². The van der Waals surface area contributed by atoms with Gasteiger partial charge in [0.2, 0.25) is 0 Å². The van der Waals surface area contributed by atoms with Crippen LogP contribution in [-0.2, 0) is 0 Å². The number of allylic oxidation sites excluding steroid dienone is 2. The Morgan fingerprint density at radius 2 is 1.22 bits per heavy atom. The summed E-state index contributed by atoms with van der Waals surface area (Å²) < 4.78 is 0. The third kappa shape index (κ3) is 3.96. The van der Waals surface area contributed by atoms with Crippen molar-refractivity contribution in [3.05, 3.63) is 22.3 Å². The average molecular weight is 252 g/mol. The molecule has 2 N–H and O–H groups in total. The summed E-state index contributed by atoms with van der Waals surface area (Å²) in [5.74, 6) is 0. The quantitative estimate of drug-likeness (QED) is 0.756. The molecule has 104 valence electrons. The number of rotatable bonds is 6. The SMILES string of the molecule is CCC/C(CO)=C1\CCCC\C1=C(\CO)CCC. The molecule has 0 spiro atoms. The highest BCUT2D eigenvalue weighted by Crippen LogP contribution is 2.35. The van der Waals surface area contributed by atoms with Crippen LogP contribution in [0, 0.1) is 0 Å². The molecule has 1 saturated carbocycles. The third-order valence-electron chi connectivity index (χ3n) is 3.81. The molecule has 2 nitrogen and oxygen atoms in total. The molecule has 2 heteroatoms. The number of hydrogen-bond acceptors (Lipinski definition) is 2. The Hall–Kier alpha value is -0.600. The molecule has 0 amide bonds. The Balaban J connectivity index is 3.11. The van der Waals surface area contributed by atoms with Gasteiger partial charge in [-0.2, -0.15) is 0 Å². The molecule has 0 bridgehead atoms. The Morgan fingerprint density at radius 1 is 0.833 bits per heavy atom. The summed E-state index contributed by atoms with van der Waals surface area (Å²) in [6.45, 7) is 4.66. The molecule has 0 radical (unpaired) electrons. The van der Waals surface area contributed by atoms with Crippen molar-refractivity contribution >= 4 is 0 Å². The second kappa shape index (κ2) is 8.49. The fraction of sp³-hybridized carbons (Fsp3) is 0.750. The lowest BCUT2D eigenvalue weighted by molar-refractivity contribution is 0.320. The zero-order valence-electron chi connectivity index (χ0n) is 12.0. The highest BCUT2D eigenvalue weighted by Gasteiger charge is 2.18. The lowest BCUT2D eigenvalue weighted by Crippen LogP contribution is -2.09. The van der Waals surface area contributed by atoms with Crippen molar-refractivity contribution in [1.82, 2.24) is 0 Å². The van der Waals surface area contributed by atoms with Gasteiger partial charge in [-0.1, -0.05) is 26.7 Å². The smallest absolute Gasteiger partial charge is 0.0647 e. The van der Waals surface area contributed by atoms with E-state index in [1.807, 2.05) is 0 Å². The predicted molar refractivity (Wildman–Crippen MR) is 76.5 cm³/mol. The number of aliphatic hydroxyl groups is 2. The maximum absolute atomic E-state index is 9.57. The van der Waals surface area contributed by atoms with Crippen LogP contribution in [-0.4, -0.2) is 23.4 Å². The van der Waals surface area contributed by atoms with Crippen LogP contribution in [0.4, 0.5) is 0 Å². The van der Waals surface area contributed by atoms with E-state index in [2.05, 4.69) is 13.8 Å². The van der Waals surface area contributed by atoms with Crippen molar-refractivity contribution in [3.63, 3.8) is 0 Å². The predicted octanol–water partition coefficient (Wildman–Crippen LogP) is 3.74. The molecule has 1 aliphatic rings. The van der Waals surface area contributed by atoms with Crippen LogP contribution >= 0.6 is 0 Å². The lowest BCUT2D eigenvalue weighted by Gasteiger charge is -2.25. The highest BCUT2D eigenvalue weighted by molar-refractivity contribution is 5.41. The van der Waals surface area contributed by atoms with E-state index in [0.717, 1.165) is 38.5 Å². The van der Waals surface area contributed by atoms with Gasteiger partial charge in [-0.05, 0) is 60.8 Å². The van der Waals surface area contributed by atoms with E-state index in [0.29, 0.717) is 0 Å². The zero-order chi connectivity index (χ0) is 13.4. The molecule has 0 unspecified atom stereocenters. The van der Waals surface area contributed by atoms with Crippen LogP contribution < -0.4 is 0 Å².